The molecule has 1 N–H and O–H groups in total. The summed E-state index contributed by atoms with van der Waals surface area (Å²) in [5.74, 6) is 0. The Kier molecular flexibility index (Phi) is 9.99. The van der Waals surface area contributed by atoms with Crippen LogP contribution in [0.15, 0.2) is 0 Å². The molecule has 3 heteroatoms. The first-order valence-corrected chi connectivity index (χ1v) is 6.56. The normalized spacial score (nSPS) is 15.4. The highest BCUT2D eigenvalue weighted by Gasteiger charge is 2.11. The summed E-state index contributed by atoms with van der Waals surface area (Å²) in [6.45, 7) is 9.35. The summed E-state index contributed by atoms with van der Waals surface area (Å²) in [5, 5.41) is 9.50. The van der Waals surface area contributed by atoms with E-state index in [2.05, 4.69) is 18.7 Å². The second kappa shape index (κ2) is 10.1. The number of rotatable bonds is 10. The lowest BCUT2D eigenvalue weighted by Gasteiger charge is -2.28. The van der Waals surface area contributed by atoms with Crippen molar-refractivity contribution in [3.8, 4) is 0 Å². The Labute approximate surface area is 101 Å². The van der Waals surface area contributed by atoms with E-state index in [1.165, 1.54) is 6.42 Å². The number of methoxy groups -OCH3 is 1. The largest absolute Gasteiger partial charge is 0.393 e. The van der Waals surface area contributed by atoms with Crippen LogP contribution in [0.3, 0.4) is 0 Å². The SMILES string of the molecule is CCC(O)CCCN(CCOC)C(C)CC. The van der Waals surface area contributed by atoms with Gasteiger partial charge in [0, 0.05) is 19.7 Å². The minimum Gasteiger partial charge on any atom is -0.393 e. The molecule has 98 valence electrons. The van der Waals surface area contributed by atoms with E-state index in [1.807, 2.05) is 6.92 Å². The van der Waals surface area contributed by atoms with Crippen LogP contribution in [0.5, 0.6) is 0 Å². The van der Waals surface area contributed by atoms with E-state index in [1.54, 1.807) is 7.11 Å². The van der Waals surface area contributed by atoms with Crippen molar-refractivity contribution in [2.24, 2.45) is 0 Å². The molecule has 0 heterocycles. The van der Waals surface area contributed by atoms with Gasteiger partial charge in [-0.3, -0.25) is 4.90 Å². The Bertz CT molecular complexity index is 153. The number of hydrogen-bond donors (Lipinski definition) is 1. The van der Waals surface area contributed by atoms with Crippen LogP contribution in [0.2, 0.25) is 0 Å². The summed E-state index contributed by atoms with van der Waals surface area (Å²) in [6.07, 6.45) is 3.89. The molecule has 16 heavy (non-hydrogen) atoms. The quantitative estimate of drug-likeness (QED) is 0.626. The van der Waals surface area contributed by atoms with E-state index in [0.29, 0.717) is 6.04 Å². The topological polar surface area (TPSA) is 32.7 Å². The van der Waals surface area contributed by atoms with Gasteiger partial charge < -0.3 is 9.84 Å². The van der Waals surface area contributed by atoms with E-state index in [-0.39, 0.29) is 6.10 Å². The molecule has 0 fully saturated rings. The molecule has 0 aromatic rings. The average molecular weight is 231 g/mol. The highest BCUT2D eigenvalue weighted by molar-refractivity contribution is 4.66. The minimum atomic E-state index is -0.124. The molecule has 0 radical (unpaired) electrons. The zero-order valence-corrected chi connectivity index (χ0v) is 11.4. The lowest BCUT2D eigenvalue weighted by atomic mass is 10.1. The highest BCUT2D eigenvalue weighted by Crippen LogP contribution is 2.07. The predicted molar refractivity (Wildman–Crippen MR) is 68.7 cm³/mol. The van der Waals surface area contributed by atoms with Gasteiger partial charge in [-0.2, -0.15) is 0 Å². The van der Waals surface area contributed by atoms with Crippen molar-refractivity contribution < 1.29 is 9.84 Å². The molecule has 0 spiro atoms. The maximum atomic E-state index is 9.50. The first-order chi connectivity index (χ1) is 7.65. The van der Waals surface area contributed by atoms with Crippen LogP contribution < -0.4 is 0 Å². The van der Waals surface area contributed by atoms with Crippen molar-refractivity contribution in [1.29, 1.82) is 0 Å². The maximum absolute atomic E-state index is 9.50. The van der Waals surface area contributed by atoms with Gasteiger partial charge in [-0.15, -0.1) is 0 Å². The molecule has 0 aliphatic heterocycles. The number of aliphatic hydroxyl groups excluding tert-OH is 1. The van der Waals surface area contributed by atoms with Gasteiger partial charge in [0.15, 0.2) is 0 Å². The molecule has 0 aromatic heterocycles. The molecule has 0 aliphatic rings. The molecule has 2 atom stereocenters. The minimum absolute atomic E-state index is 0.124. The van der Waals surface area contributed by atoms with Gasteiger partial charge in [0.1, 0.15) is 0 Å². The zero-order chi connectivity index (χ0) is 12.4. The highest BCUT2D eigenvalue weighted by atomic mass is 16.5. The molecule has 3 nitrogen and oxygen atoms in total. The lowest BCUT2D eigenvalue weighted by molar-refractivity contribution is 0.110. The summed E-state index contributed by atoms with van der Waals surface area (Å²) in [4.78, 5) is 2.45. The van der Waals surface area contributed by atoms with Crippen molar-refractivity contribution in [2.75, 3.05) is 26.8 Å². The third-order valence-electron chi connectivity index (χ3n) is 3.25. The molecule has 2 unspecified atom stereocenters. The third-order valence-corrected chi connectivity index (χ3v) is 3.25. The molecular formula is C13H29NO2. The maximum Gasteiger partial charge on any atom is 0.0589 e. The van der Waals surface area contributed by atoms with Crippen LogP contribution in [0.1, 0.15) is 46.5 Å². The van der Waals surface area contributed by atoms with Crippen LogP contribution >= 0.6 is 0 Å². The Morgan fingerprint density at radius 1 is 1.19 bits per heavy atom. The van der Waals surface area contributed by atoms with E-state index in [9.17, 15) is 5.11 Å². The molecule has 0 bridgehead atoms. The second-order valence-corrected chi connectivity index (χ2v) is 4.49. The van der Waals surface area contributed by atoms with Crippen LogP contribution in [0, 0.1) is 0 Å². The van der Waals surface area contributed by atoms with E-state index >= 15 is 0 Å². The van der Waals surface area contributed by atoms with Crippen molar-refractivity contribution in [1.82, 2.24) is 4.90 Å². The van der Waals surface area contributed by atoms with Gasteiger partial charge in [0.2, 0.25) is 0 Å². The zero-order valence-electron chi connectivity index (χ0n) is 11.4. The Morgan fingerprint density at radius 2 is 1.88 bits per heavy atom. The van der Waals surface area contributed by atoms with Gasteiger partial charge in [0.25, 0.3) is 0 Å². The number of ether oxygens (including phenoxy) is 1. The van der Waals surface area contributed by atoms with Crippen molar-refractivity contribution >= 4 is 0 Å². The van der Waals surface area contributed by atoms with E-state index < -0.39 is 0 Å². The van der Waals surface area contributed by atoms with Crippen LogP contribution in [-0.4, -0.2) is 49.0 Å². The fourth-order valence-electron chi connectivity index (χ4n) is 1.75. The first kappa shape index (κ1) is 15.9. The fraction of sp³-hybridized carbons (Fsp3) is 1.00. The van der Waals surface area contributed by atoms with Crippen LogP contribution in [0.25, 0.3) is 0 Å². The smallest absolute Gasteiger partial charge is 0.0589 e. The number of hydrogen-bond acceptors (Lipinski definition) is 3. The molecule has 0 aromatic carbocycles. The van der Waals surface area contributed by atoms with E-state index in [0.717, 1.165) is 39.0 Å². The van der Waals surface area contributed by atoms with Gasteiger partial charge in [0.05, 0.1) is 12.7 Å². The Morgan fingerprint density at radius 3 is 2.38 bits per heavy atom. The van der Waals surface area contributed by atoms with Crippen molar-refractivity contribution in [3.63, 3.8) is 0 Å². The molecular weight excluding hydrogens is 202 g/mol. The Hall–Kier alpha value is -0.120. The van der Waals surface area contributed by atoms with Gasteiger partial charge in [-0.25, -0.2) is 0 Å². The molecule has 0 saturated carbocycles. The summed E-state index contributed by atoms with van der Waals surface area (Å²) in [5.41, 5.74) is 0. The molecule has 0 amide bonds. The Balaban J connectivity index is 3.82. The molecule has 0 rings (SSSR count). The average Bonchev–Trinajstić information content (AvgIpc) is 2.32. The fourth-order valence-corrected chi connectivity index (χ4v) is 1.75. The summed E-state index contributed by atoms with van der Waals surface area (Å²) in [7, 11) is 1.75. The van der Waals surface area contributed by atoms with Gasteiger partial charge in [-0.1, -0.05) is 13.8 Å². The third kappa shape index (κ3) is 7.20. The van der Waals surface area contributed by atoms with Gasteiger partial charge >= 0.3 is 0 Å². The van der Waals surface area contributed by atoms with Crippen molar-refractivity contribution in [3.05, 3.63) is 0 Å². The number of aliphatic hydroxyl groups is 1. The van der Waals surface area contributed by atoms with Crippen LogP contribution in [0.4, 0.5) is 0 Å². The summed E-state index contributed by atoms with van der Waals surface area (Å²) in [6, 6.07) is 0.605. The van der Waals surface area contributed by atoms with Crippen molar-refractivity contribution in [2.45, 2.75) is 58.6 Å². The van der Waals surface area contributed by atoms with E-state index in [4.69, 9.17) is 4.74 Å². The number of nitrogens with zero attached hydrogens (tertiary/aromatic N) is 1. The molecule has 0 saturated heterocycles. The van der Waals surface area contributed by atoms with Gasteiger partial charge in [-0.05, 0) is 39.2 Å². The predicted octanol–water partition coefficient (Wildman–Crippen LogP) is 2.28. The first-order valence-electron chi connectivity index (χ1n) is 6.56. The monoisotopic (exact) mass is 231 g/mol. The summed E-state index contributed by atoms with van der Waals surface area (Å²) >= 11 is 0. The van der Waals surface area contributed by atoms with Crippen LogP contribution in [-0.2, 0) is 4.74 Å². The lowest BCUT2D eigenvalue weighted by Crippen LogP contribution is -2.36. The second-order valence-electron chi connectivity index (χ2n) is 4.49. The standard InChI is InChI=1S/C13H29NO2/c1-5-12(3)14(10-11-16-4)9-7-8-13(15)6-2/h12-13,15H,5-11H2,1-4H3. The summed E-state index contributed by atoms with van der Waals surface area (Å²) < 4.78 is 5.12. The molecule has 0 aliphatic carbocycles.